The van der Waals surface area contributed by atoms with Crippen LogP contribution < -0.4 is 0 Å². The van der Waals surface area contributed by atoms with Gasteiger partial charge >= 0.3 is 0 Å². The molecule has 0 spiro atoms. The summed E-state index contributed by atoms with van der Waals surface area (Å²) in [6, 6.07) is 7.51. The first-order valence-electron chi connectivity index (χ1n) is 6.32. The standard InChI is InChI=1S/C15H11FO4S2/c1-22(18,19)10-4-2-9(3-5-10)14-13(12(17)8-20-14)11-6-7-21-15(11)16/h2-7H,8H2,1H3. The number of thiophene rings is 1. The molecule has 0 atom stereocenters. The van der Waals surface area contributed by atoms with Gasteiger partial charge in [-0.1, -0.05) is 0 Å². The van der Waals surface area contributed by atoms with E-state index in [1.54, 1.807) is 17.5 Å². The van der Waals surface area contributed by atoms with Gasteiger partial charge in [0, 0.05) is 17.4 Å². The van der Waals surface area contributed by atoms with Gasteiger partial charge in [0.05, 0.1) is 10.5 Å². The first kappa shape index (κ1) is 14.9. The second-order valence-electron chi connectivity index (χ2n) is 4.82. The Morgan fingerprint density at radius 1 is 1.18 bits per heavy atom. The van der Waals surface area contributed by atoms with E-state index >= 15 is 0 Å². The van der Waals surface area contributed by atoms with Crippen LogP contribution in [0.4, 0.5) is 4.39 Å². The summed E-state index contributed by atoms with van der Waals surface area (Å²) in [5.74, 6) is -0.0122. The molecule has 0 N–H and O–H groups in total. The molecule has 0 aliphatic carbocycles. The summed E-state index contributed by atoms with van der Waals surface area (Å²) in [6.45, 7) is -0.145. The number of carbonyl (C=O) groups excluding carboxylic acids is 1. The Kier molecular flexibility index (Phi) is 3.62. The van der Waals surface area contributed by atoms with E-state index in [2.05, 4.69) is 0 Å². The summed E-state index contributed by atoms with van der Waals surface area (Å²) in [7, 11) is -3.30. The zero-order valence-electron chi connectivity index (χ0n) is 11.5. The van der Waals surface area contributed by atoms with Crippen LogP contribution >= 0.6 is 11.3 Å². The van der Waals surface area contributed by atoms with E-state index in [9.17, 15) is 17.6 Å². The molecule has 0 unspecified atom stereocenters. The van der Waals surface area contributed by atoms with Crippen molar-refractivity contribution in [1.82, 2.24) is 0 Å². The average molecular weight is 338 g/mol. The number of sulfone groups is 1. The van der Waals surface area contributed by atoms with Crippen LogP contribution in [0.15, 0.2) is 40.6 Å². The maximum Gasteiger partial charge on any atom is 0.204 e. The smallest absolute Gasteiger partial charge is 0.204 e. The largest absolute Gasteiger partial charge is 0.484 e. The van der Waals surface area contributed by atoms with Crippen molar-refractivity contribution in [3.63, 3.8) is 0 Å². The van der Waals surface area contributed by atoms with Crippen molar-refractivity contribution in [2.45, 2.75) is 4.90 Å². The van der Waals surface area contributed by atoms with Gasteiger partial charge in [-0.2, -0.15) is 4.39 Å². The Morgan fingerprint density at radius 3 is 2.41 bits per heavy atom. The number of rotatable bonds is 3. The number of carbonyl (C=O) groups is 1. The quantitative estimate of drug-likeness (QED) is 0.863. The van der Waals surface area contributed by atoms with E-state index in [0.29, 0.717) is 5.56 Å². The van der Waals surface area contributed by atoms with Crippen LogP contribution in [-0.4, -0.2) is 27.1 Å². The highest BCUT2D eigenvalue weighted by Crippen LogP contribution is 2.35. The molecule has 4 nitrogen and oxygen atoms in total. The Balaban J connectivity index is 2.11. The van der Waals surface area contributed by atoms with Gasteiger partial charge in [-0.05, 0) is 35.7 Å². The fraction of sp³-hybridized carbons (Fsp3) is 0.133. The molecule has 7 heteroatoms. The minimum absolute atomic E-state index is 0.145. The van der Waals surface area contributed by atoms with Crippen LogP contribution in [0.25, 0.3) is 11.3 Å². The molecule has 1 aromatic carbocycles. The van der Waals surface area contributed by atoms with Gasteiger partial charge in [0.1, 0.15) is 5.76 Å². The van der Waals surface area contributed by atoms with Crippen LogP contribution in [-0.2, 0) is 19.4 Å². The van der Waals surface area contributed by atoms with Crippen molar-refractivity contribution in [3.8, 4) is 0 Å². The predicted octanol–water partition coefficient (Wildman–Crippen LogP) is 2.76. The van der Waals surface area contributed by atoms with Gasteiger partial charge < -0.3 is 4.74 Å². The second kappa shape index (κ2) is 5.33. The van der Waals surface area contributed by atoms with Crippen molar-refractivity contribution >= 4 is 38.3 Å². The number of benzene rings is 1. The van der Waals surface area contributed by atoms with Crippen LogP contribution in [0.2, 0.25) is 0 Å². The molecule has 2 heterocycles. The summed E-state index contributed by atoms with van der Waals surface area (Å²) in [5.41, 5.74) is 0.958. The number of ketones is 1. The number of hydrogen-bond donors (Lipinski definition) is 0. The topological polar surface area (TPSA) is 60.4 Å². The van der Waals surface area contributed by atoms with Crippen molar-refractivity contribution in [3.05, 3.63) is 52.0 Å². The summed E-state index contributed by atoms with van der Waals surface area (Å²) in [5, 5.41) is 1.12. The monoisotopic (exact) mass is 338 g/mol. The lowest BCUT2D eigenvalue weighted by Crippen LogP contribution is -2.00. The minimum atomic E-state index is -3.30. The Hall–Kier alpha value is -1.99. The van der Waals surface area contributed by atoms with Crippen molar-refractivity contribution in [2.24, 2.45) is 0 Å². The van der Waals surface area contributed by atoms with Crippen molar-refractivity contribution in [2.75, 3.05) is 12.9 Å². The lowest BCUT2D eigenvalue weighted by Gasteiger charge is -2.06. The van der Waals surface area contributed by atoms with Gasteiger partial charge in [0.25, 0.3) is 0 Å². The number of halogens is 1. The van der Waals surface area contributed by atoms with E-state index in [-0.39, 0.29) is 34.2 Å². The normalized spacial score (nSPS) is 15.3. The molecule has 1 aromatic heterocycles. The molecule has 22 heavy (non-hydrogen) atoms. The number of Topliss-reactive ketones (excluding diaryl/α,β-unsaturated/α-hetero) is 1. The first-order valence-corrected chi connectivity index (χ1v) is 9.09. The maximum absolute atomic E-state index is 13.8. The predicted molar refractivity (Wildman–Crippen MR) is 81.6 cm³/mol. The van der Waals surface area contributed by atoms with E-state index in [1.165, 1.54) is 18.2 Å². The van der Waals surface area contributed by atoms with Crippen LogP contribution in [0, 0.1) is 5.13 Å². The van der Waals surface area contributed by atoms with E-state index in [1.807, 2.05) is 0 Å². The third-order valence-electron chi connectivity index (χ3n) is 3.29. The molecular weight excluding hydrogens is 327 g/mol. The molecule has 0 saturated carbocycles. The fourth-order valence-electron chi connectivity index (χ4n) is 2.23. The third kappa shape index (κ3) is 2.57. The zero-order chi connectivity index (χ0) is 15.9. The average Bonchev–Trinajstić information content (AvgIpc) is 3.04. The van der Waals surface area contributed by atoms with Gasteiger partial charge in [-0.25, -0.2) is 8.42 Å². The molecule has 0 amide bonds. The number of ether oxygens (including phenoxy) is 1. The number of hydrogen-bond acceptors (Lipinski definition) is 5. The van der Waals surface area contributed by atoms with E-state index in [0.717, 1.165) is 17.6 Å². The summed E-state index contributed by atoms with van der Waals surface area (Å²) in [6.07, 6.45) is 1.11. The lowest BCUT2D eigenvalue weighted by atomic mass is 10.0. The highest BCUT2D eigenvalue weighted by atomic mass is 32.2. The molecule has 0 bridgehead atoms. The molecule has 1 aliphatic rings. The minimum Gasteiger partial charge on any atom is -0.484 e. The second-order valence-corrected chi connectivity index (χ2v) is 7.70. The molecule has 2 aromatic rings. The molecular formula is C15H11FO4S2. The maximum atomic E-state index is 13.8. The van der Waals surface area contributed by atoms with Crippen LogP contribution in [0.1, 0.15) is 11.1 Å². The third-order valence-corrected chi connectivity index (χ3v) is 5.11. The van der Waals surface area contributed by atoms with E-state index < -0.39 is 15.0 Å². The summed E-state index contributed by atoms with van der Waals surface area (Å²) in [4.78, 5) is 12.2. The molecule has 1 aliphatic heterocycles. The Labute approximate surface area is 130 Å². The van der Waals surface area contributed by atoms with Crippen molar-refractivity contribution < 1.29 is 22.3 Å². The fourth-order valence-corrected chi connectivity index (χ4v) is 3.49. The first-order chi connectivity index (χ1) is 10.4. The van der Waals surface area contributed by atoms with Gasteiger partial charge in [-0.15, -0.1) is 11.3 Å². The Morgan fingerprint density at radius 2 is 1.86 bits per heavy atom. The highest BCUT2D eigenvalue weighted by Gasteiger charge is 2.29. The summed E-state index contributed by atoms with van der Waals surface area (Å²) < 4.78 is 42.1. The zero-order valence-corrected chi connectivity index (χ0v) is 13.1. The van der Waals surface area contributed by atoms with Gasteiger partial charge in [0.2, 0.25) is 5.78 Å². The van der Waals surface area contributed by atoms with Crippen LogP contribution in [0.3, 0.4) is 0 Å². The molecule has 114 valence electrons. The molecule has 3 rings (SSSR count). The summed E-state index contributed by atoms with van der Waals surface area (Å²) >= 11 is 0.908. The molecule has 0 radical (unpaired) electrons. The lowest BCUT2D eigenvalue weighted by molar-refractivity contribution is -0.114. The molecule has 0 fully saturated rings. The van der Waals surface area contributed by atoms with E-state index in [4.69, 9.17) is 4.74 Å². The van der Waals surface area contributed by atoms with Crippen LogP contribution in [0.5, 0.6) is 0 Å². The van der Waals surface area contributed by atoms with Gasteiger partial charge in [0.15, 0.2) is 21.6 Å². The van der Waals surface area contributed by atoms with Crippen molar-refractivity contribution in [1.29, 1.82) is 0 Å². The SMILES string of the molecule is CS(=O)(=O)c1ccc(C2=C(c3ccsc3F)C(=O)CO2)cc1. The van der Waals surface area contributed by atoms with Gasteiger partial charge in [-0.3, -0.25) is 4.79 Å². The Bertz CT molecular complexity index is 877. The highest BCUT2D eigenvalue weighted by molar-refractivity contribution is 7.90. The molecule has 0 saturated heterocycles.